The Kier molecular flexibility index (Phi) is 5.14. The van der Waals surface area contributed by atoms with E-state index in [4.69, 9.17) is 9.47 Å². The Morgan fingerprint density at radius 3 is 2.46 bits per heavy atom. The number of aromatic nitrogens is 1. The lowest BCUT2D eigenvalue weighted by Gasteiger charge is -2.15. The van der Waals surface area contributed by atoms with Crippen molar-refractivity contribution < 1.29 is 19.1 Å². The second-order valence-corrected chi connectivity index (χ2v) is 6.84. The molecular formula is C22H24N2O4. The van der Waals surface area contributed by atoms with Crippen LogP contribution in [0.15, 0.2) is 41.1 Å². The molecule has 146 valence electrons. The minimum Gasteiger partial charge on any atom is -0.495 e. The molecule has 0 unspecified atom stereocenters. The third-order valence-corrected chi connectivity index (χ3v) is 4.92. The van der Waals surface area contributed by atoms with Gasteiger partial charge >= 0.3 is 5.97 Å². The summed E-state index contributed by atoms with van der Waals surface area (Å²) >= 11 is 0. The Morgan fingerprint density at radius 2 is 1.82 bits per heavy atom. The highest BCUT2D eigenvalue weighted by molar-refractivity contribution is 6.16. The SMILES string of the molecule is COC(=O)C1=C(C)NC(=O)/C1=C\c1cc(C)n(-c2cc(C)ccc2OC)c1C. The molecule has 3 rings (SSSR count). The summed E-state index contributed by atoms with van der Waals surface area (Å²) in [5, 5.41) is 2.70. The number of aryl methyl sites for hydroxylation is 2. The van der Waals surface area contributed by atoms with Gasteiger partial charge in [0.1, 0.15) is 5.75 Å². The van der Waals surface area contributed by atoms with Gasteiger partial charge < -0.3 is 19.4 Å². The lowest BCUT2D eigenvalue weighted by molar-refractivity contribution is -0.136. The van der Waals surface area contributed by atoms with E-state index in [-0.39, 0.29) is 11.5 Å². The van der Waals surface area contributed by atoms with Gasteiger partial charge in [-0.2, -0.15) is 0 Å². The highest BCUT2D eigenvalue weighted by atomic mass is 16.5. The summed E-state index contributed by atoms with van der Waals surface area (Å²) in [5.41, 5.74) is 5.90. The van der Waals surface area contributed by atoms with E-state index in [2.05, 4.69) is 16.0 Å². The van der Waals surface area contributed by atoms with Crippen molar-refractivity contribution in [2.75, 3.05) is 14.2 Å². The molecule has 0 radical (unpaired) electrons. The number of rotatable bonds is 4. The number of allylic oxidation sites excluding steroid dienone is 1. The Balaban J connectivity index is 2.16. The summed E-state index contributed by atoms with van der Waals surface area (Å²) in [7, 11) is 2.95. The quantitative estimate of drug-likeness (QED) is 0.652. The zero-order chi connectivity index (χ0) is 20.6. The predicted octanol–water partition coefficient (Wildman–Crippen LogP) is 3.37. The Morgan fingerprint density at radius 1 is 1.11 bits per heavy atom. The number of carbonyl (C=O) groups is 2. The Labute approximate surface area is 164 Å². The lowest BCUT2D eigenvalue weighted by atomic mass is 10.0. The van der Waals surface area contributed by atoms with Crippen molar-refractivity contribution in [2.24, 2.45) is 0 Å². The number of benzene rings is 1. The number of hydrogen-bond acceptors (Lipinski definition) is 4. The van der Waals surface area contributed by atoms with E-state index >= 15 is 0 Å². The lowest BCUT2D eigenvalue weighted by Crippen LogP contribution is -2.15. The second kappa shape index (κ2) is 7.38. The van der Waals surface area contributed by atoms with Crippen molar-refractivity contribution in [3.05, 3.63) is 63.6 Å². The van der Waals surface area contributed by atoms with E-state index in [0.717, 1.165) is 34.0 Å². The van der Waals surface area contributed by atoms with Gasteiger partial charge in [-0.1, -0.05) is 6.07 Å². The number of hydrogen-bond donors (Lipinski definition) is 1. The van der Waals surface area contributed by atoms with Crippen molar-refractivity contribution in [1.82, 2.24) is 9.88 Å². The molecule has 0 saturated carbocycles. The van der Waals surface area contributed by atoms with Gasteiger partial charge in [-0.3, -0.25) is 4.79 Å². The molecule has 0 saturated heterocycles. The summed E-state index contributed by atoms with van der Waals surface area (Å²) in [6.45, 7) is 7.68. The number of esters is 1. The highest BCUT2D eigenvalue weighted by Gasteiger charge is 2.31. The van der Waals surface area contributed by atoms with Gasteiger partial charge in [0.05, 0.1) is 31.1 Å². The maximum absolute atomic E-state index is 12.4. The normalized spacial score (nSPS) is 15.2. The molecular weight excluding hydrogens is 356 g/mol. The molecule has 6 heteroatoms. The smallest absolute Gasteiger partial charge is 0.340 e. The monoisotopic (exact) mass is 380 g/mol. The van der Waals surface area contributed by atoms with Crippen LogP contribution < -0.4 is 10.1 Å². The standard InChI is InChI=1S/C22H24N2O4/c1-12-7-8-19(27-5)18(9-12)24-13(2)10-16(15(24)4)11-17-20(22(26)28-6)14(3)23-21(17)25/h7-11H,1-6H3,(H,23,25)/b17-11-. The molecule has 1 aromatic heterocycles. The maximum atomic E-state index is 12.4. The van der Waals surface area contributed by atoms with Gasteiger partial charge in [-0.25, -0.2) is 4.79 Å². The zero-order valence-electron chi connectivity index (χ0n) is 17.0. The first-order valence-electron chi connectivity index (χ1n) is 8.95. The van der Waals surface area contributed by atoms with Crippen LogP contribution in [0.3, 0.4) is 0 Å². The van der Waals surface area contributed by atoms with Crippen molar-refractivity contribution >= 4 is 18.0 Å². The minimum absolute atomic E-state index is 0.269. The number of amides is 1. The van der Waals surface area contributed by atoms with E-state index in [1.54, 1.807) is 20.1 Å². The van der Waals surface area contributed by atoms with Crippen molar-refractivity contribution in [2.45, 2.75) is 27.7 Å². The summed E-state index contributed by atoms with van der Waals surface area (Å²) in [6.07, 6.45) is 1.74. The van der Waals surface area contributed by atoms with Gasteiger partial charge in [0.25, 0.3) is 5.91 Å². The predicted molar refractivity (Wildman–Crippen MR) is 107 cm³/mol. The topological polar surface area (TPSA) is 69.6 Å². The number of nitrogens with zero attached hydrogens (tertiary/aromatic N) is 1. The first kappa shape index (κ1) is 19.5. The molecule has 0 fully saturated rings. The average Bonchev–Trinajstić information content (AvgIpc) is 3.09. The number of ether oxygens (including phenoxy) is 2. The second-order valence-electron chi connectivity index (χ2n) is 6.84. The van der Waals surface area contributed by atoms with Gasteiger partial charge in [0.2, 0.25) is 0 Å². The van der Waals surface area contributed by atoms with Crippen LogP contribution in [-0.4, -0.2) is 30.7 Å². The highest BCUT2D eigenvalue weighted by Crippen LogP contribution is 2.31. The van der Waals surface area contributed by atoms with E-state index in [9.17, 15) is 9.59 Å². The molecule has 0 atom stereocenters. The first-order chi connectivity index (χ1) is 13.3. The fourth-order valence-electron chi connectivity index (χ4n) is 3.55. The van der Waals surface area contributed by atoms with Crippen LogP contribution in [0.2, 0.25) is 0 Å². The first-order valence-corrected chi connectivity index (χ1v) is 8.95. The fraction of sp³-hybridized carbons (Fsp3) is 0.273. The molecule has 0 spiro atoms. The molecule has 1 N–H and O–H groups in total. The molecule has 1 amide bonds. The molecule has 1 aliphatic rings. The van der Waals surface area contributed by atoms with Gasteiger partial charge in [0.15, 0.2) is 0 Å². The summed E-state index contributed by atoms with van der Waals surface area (Å²) in [4.78, 5) is 24.5. The average molecular weight is 380 g/mol. The van der Waals surface area contributed by atoms with E-state index in [1.807, 2.05) is 39.0 Å². The van der Waals surface area contributed by atoms with Crippen LogP contribution in [0, 0.1) is 20.8 Å². The maximum Gasteiger partial charge on any atom is 0.340 e. The number of methoxy groups -OCH3 is 2. The molecule has 6 nitrogen and oxygen atoms in total. The van der Waals surface area contributed by atoms with Crippen LogP contribution in [-0.2, 0) is 14.3 Å². The number of nitrogens with one attached hydrogen (secondary N) is 1. The third-order valence-electron chi connectivity index (χ3n) is 4.92. The van der Waals surface area contributed by atoms with Crippen LogP contribution in [0.25, 0.3) is 11.8 Å². The third kappa shape index (κ3) is 3.22. The van der Waals surface area contributed by atoms with E-state index in [0.29, 0.717) is 11.3 Å². The molecule has 2 heterocycles. The van der Waals surface area contributed by atoms with Gasteiger partial charge in [-0.05, 0) is 63.1 Å². The molecule has 2 aromatic rings. The van der Waals surface area contributed by atoms with Crippen molar-refractivity contribution in [3.63, 3.8) is 0 Å². The molecule has 1 aliphatic heterocycles. The molecule has 0 aliphatic carbocycles. The summed E-state index contributed by atoms with van der Waals surface area (Å²) < 4.78 is 12.5. The molecule has 1 aromatic carbocycles. The van der Waals surface area contributed by atoms with E-state index < -0.39 is 5.97 Å². The van der Waals surface area contributed by atoms with Gasteiger partial charge in [-0.15, -0.1) is 0 Å². The van der Waals surface area contributed by atoms with Crippen LogP contribution in [0.4, 0.5) is 0 Å². The fourth-order valence-corrected chi connectivity index (χ4v) is 3.55. The Bertz CT molecular complexity index is 1040. The van der Waals surface area contributed by atoms with Gasteiger partial charge in [0, 0.05) is 17.1 Å². The summed E-state index contributed by atoms with van der Waals surface area (Å²) in [5.74, 6) is -0.0803. The van der Waals surface area contributed by atoms with E-state index in [1.165, 1.54) is 7.11 Å². The number of carbonyl (C=O) groups excluding carboxylic acids is 2. The van der Waals surface area contributed by atoms with Crippen LogP contribution >= 0.6 is 0 Å². The zero-order valence-corrected chi connectivity index (χ0v) is 17.0. The molecule has 28 heavy (non-hydrogen) atoms. The molecule has 0 bridgehead atoms. The Hall–Kier alpha value is -3.28. The van der Waals surface area contributed by atoms with Crippen LogP contribution in [0.5, 0.6) is 5.75 Å². The van der Waals surface area contributed by atoms with Crippen molar-refractivity contribution in [3.8, 4) is 11.4 Å². The largest absolute Gasteiger partial charge is 0.495 e. The van der Waals surface area contributed by atoms with Crippen molar-refractivity contribution in [1.29, 1.82) is 0 Å². The minimum atomic E-state index is -0.531. The van der Waals surface area contributed by atoms with Crippen LogP contribution in [0.1, 0.15) is 29.4 Å². The summed E-state index contributed by atoms with van der Waals surface area (Å²) in [6, 6.07) is 7.98.